The fraction of sp³-hybridized carbons (Fsp3) is 0.692. The Bertz CT molecular complexity index is 302. The average molecular weight is 238 g/mol. The summed E-state index contributed by atoms with van der Waals surface area (Å²) in [4.78, 5) is 4.02. The lowest BCUT2D eigenvalue weighted by Gasteiger charge is -2.31. The van der Waals surface area contributed by atoms with Gasteiger partial charge in [0.25, 0.3) is 0 Å². The summed E-state index contributed by atoms with van der Waals surface area (Å²) in [7, 11) is 0. The van der Waals surface area contributed by atoms with E-state index in [1.165, 1.54) is 30.8 Å². The molecule has 1 aromatic rings. The second-order valence-electron chi connectivity index (χ2n) is 4.97. The minimum absolute atomic E-state index is 0.341. The van der Waals surface area contributed by atoms with Crippen LogP contribution in [-0.2, 0) is 6.54 Å². The zero-order chi connectivity index (χ0) is 11.4. The third-order valence-electron chi connectivity index (χ3n) is 3.44. The maximum absolute atomic E-state index is 3.64. The van der Waals surface area contributed by atoms with Gasteiger partial charge in [-0.1, -0.05) is 13.0 Å². The van der Waals surface area contributed by atoms with Gasteiger partial charge in [-0.05, 0) is 44.3 Å². The van der Waals surface area contributed by atoms with Crippen LogP contribution >= 0.6 is 11.3 Å². The van der Waals surface area contributed by atoms with Gasteiger partial charge in [0.1, 0.15) is 0 Å². The van der Waals surface area contributed by atoms with Crippen LogP contribution in [0.25, 0.3) is 0 Å². The van der Waals surface area contributed by atoms with Crippen molar-refractivity contribution < 1.29 is 0 Å². The first-order chi connectivity index (χ1) is 7.72. The highest BCUT2D eigenvalue weighted by molar-refractivity contribution is 7.09. The van der Waals surface area contributed by atoms with Gasteiger partial charge in [0.05, 0.1) is 0 Å². The van der Waals surface area contributed by atoms with E-state index in [-0.39, 0.29) is 0 Å². The minimum Gasteiger partial charge on any atom is -0.310 e. The van der Waals surface area contributed by atoms with Crippen molar-refractivity contribution in [2.24, 2.45) is 0 Å². The molecule has 0 amide bonds. The normalized spacial score (nSPS) is 25.4. The first-order valence-corrected chi connectivity index (χ1v) is 7.09. The molecule has 1 saturated heterocycles. The lowest BCUT2D eigenvalue weighted by atomic mass is 9.99. The molecule has 1 aliphatic heterocycles. The molecule has 2 rings (SSSR count). The van der Waals surface area contributed by atoms with Crippen LogP contribution in [0.2, 0.25) is 0 Å². The van der Waals surface area contributed by atoms with Gasteiger partial charge >= 0.3 is 0 Å². The molecule has 0 radical (unpaired) electrons. The third-order valence-corrected chi connectivity index (χ3v) is 4.30. The van der Waals surface area contributed by atoms with Gasteiger partial charge in [0, 0.05) is 23.5 Å². The van der Waals surface area contributed by atoms with Gasteiger partial charge in [-0.3, -0.25) is 4.90 Å². The highest BCUT2D eigenvalue weighted by Crippen LogP contribution is 2.21. The Balaban J connectivity index is 1.90. The molecule has 2 nitrogen and oxygen atoms in total. The summed E-state index contributed by atoms with van der Waals surface area (Å²) in [5, 5.41) is 5.80. The first-order valence-electron chi connectivity index (χ1n) is 6.22. The summed E-state index contributed by atoms with van der Waals surface area (Å²) >= 11 is 1.86. The molecule has 0 saturated carbocycles. The van der Waals surface area contributed by atoms with Crippen molar-refractivity contribution in [3.05, 3.63) is 22.4 Å². The summed E-state index contributed by atoms with van der Waals surface area (Å²) in [6.45, 7) is 9.21. The standard InChI is InChI=1S/C13H22N2S/c1-3-15(10-12-6-4-9-16-12)11-13(2)7-5-8-14-13/h4,6,9,14H,3,5,7-8,10-11H2,1-2H3. The van der Waals surface area contributed by atoms with E-state index >= 15 is 0 Å². The zero-order valence-electron chi connectivity index (χ0n) is 10.3. The molecule has 16 heavy (non-hydrogen) atoms. The summed E-state index contributed by atoms with van der Waals surface area (Å²) in [6, 6.07) is 4.38. The Kier molecular flexibility index (Phi) is 4.00. The van der Waals surface area contributed by atoms with Crippen molar-refractivity contribution >= 4 is 11.3 Å². The lowest BCUT2D eigenvalue weighted by Crippen LogP contribution is -2.47. The van der Waals surface area contributed by atoms with Gasteiger partial charge in [-0.15, -0.1) is 11.3 Å². The van der Waals surface area contributed by atoms with Crippen LogP contribution < -0.4 is 5.32 Å². The number of thiophene rings is 1. The molecule has 0 bridgehead atoms. The van der Waals surface area contributed by atoms with E-state index in [1.54, 1.807) is 0 Å². The van der Waals surface area contributed by atoms with Crippen LogP contribution in [0.15, 0.2) is 17.5 Å². The van der Waals surface area contributed by atoms with E-state index < -0.39 is 0 Å². The SMILES string of the molecule is CCN(Cc1cccs1)CC1(C)CCCN1. The van der Waals surface area contributed by atoms with Crippen molar-refractivity contribution in [2.45, 2.75) is 38.8 Å². The number of hydrogen-bond donors (Lipinski definition) is 1. The van der Waals surface area contributed by atoms with Crippen LogP contribution in [0, 0.1) is 0 Å². The second kappa shape index (κ2) is 5.30. The molecular formula is C13H22N2S. The molecule has 1 N–H and O–H groups in total. The number of likely N-dealkylation sites (N-methyl/N-ethyl adjacent to an activating group) is 1. The van der Waals surface area contributed by atoms with Crippen molar-refractivity contribution in [2.75, 3.05) is 19.6 Å². The average Bonchev–Trinajstić information content (AvgIpc) is 2.89. The maximum atomic E-state index is 3.64. The Morgan fingerprint density at radius 3 is 3.00 bits per heavy atom. The highest BCUT2D eigenvalue weighted by Gasteiger charge is 2.29. The molecule has 0 spiro atoms. The van der Waals surface area contributed by atoms with Crippen molar-refractivity contribution in [3.63, 3.8) is 0 Å². The van der Waals surface area contributed by atoms with E-state index in [2.05, 4.69) is 41.6 Å². The Hall–Kier alpha value is -0.380. The van der Waals surface area contributed by atoms with E-state index in [1.807, 2.05) is 11.3 Å². The van der Waals surface area contributed by atoms with Gasteiger partial charge in [-0.25, -0.2) is 0 Å². The molecule has 1 fully saturated rings. The fourth-order valence-electron chi connectivity index (χ4n) is 2.49. The van der Waals surface area contributed by atoms with Gasteiger partial charge in [0.2, 0.25) is 0 Å². The molecule has 1 unspecified atom stereocenters. The number of rotatable bonds is 5. The summed E-state index contributed by atoms with van der Waals surface area (Å²) in [6.07, 6.45) is 2.64. The largest absolute Gasteiger partial charge is 0.310 e. The predicted octanol–water partition coefficient (Wildman–Crippen LogP) is 2.71. The topological polar surface area (TPSA) is 15.3 Å². The molecule has 1 aliphatic rings. The summed E-state index contributed by atoms with van der Waals surface area (Å²) in [5.41, 5.74) is 0.341. The Morgan fingerprint density at radius 2 is 2.44 bits per heavy atom. The van der Waals surface area contributed by atoms with Gasteiger partial charge in [0.15, 0.2) is 0 Å². The van der Waals surface area contributed by atoms with E-state index in [0.717, 1.165) is 13.1 Å². The van der Waals surface area contributed by atoms with Gasteiger partial charge < -0.3 is 5.32 Å². The molecule has 0 aromatic carbocycles. The van der Waals surface area contributed by atoms with Crippen LogP contribution in [0.3, 0.4) is 0 Å². The molecule has 1 aromatic heterocycles. The van der Waals surface area contributed by atoms with Crippen molar-refractivity contribution in [3.8, 4) is 0 Å². The smallest absolute Gasteiger partial charge is 0.0328 e. The first kappa shape index (κ1) is 12.1. The van der Waals surface area contributed by atoms with Crippen LogP contribution in [0.1, 0.15) is 31.6 Å². The van der Waals surface area contributed by atoms with Gasteiger partial charge in [-0.2, -0.15) is 0 Å². The predicted molar refractivity (Wildman–Crippen MR) is 70.9 cm³/mol. The Morgan fingerprint density at radius 1 is 1.56 bits per heavy atom. The summed E-state index contributed by atoms with van der Waals surface area (Å²) < 4.78 is 0. The molecule has 2 heterocycles. The second-order valence-corrected chi connectivity index (χ2v) is 6.01. The number of nitrogens with zero attached hydrogens (tertiary/aromatic N) is 1. The maximum Gasteiger partial charge on any atom is 0.0328 e. The molecular weight excluding hydrogens is 216 g/mol. The quantitative estimate of drug-likeness (QED) is 0.848. The minimum atomic E-state index is 0.341. The van der Waals surface area contributed by atoms with Crippen LogP contribution in [0.4, 0.5) is 0 Å². The zero-order valence-corrected chi connectivity index (χ0v) is 11.1. The monoisotopic (exact) mass is 238 g/mol. The van der Waals surface area contributed by atoms with E-state index in [9.17, 15) is 0 Å². The summed E-state index contributed by atoms with van der Waals surface area (Å²) in [5.74, 6) is 0. The van der Waals surface area contributed by atoms with Crippen LogP contribution in [-0.4, -0.2) is 30.1 Å². The Labute approximate surface area is 103 Å². The lowest BCUT2D eigenvalue weighted by molar-refractivity contribution is 0.206. The van der Waals surface area contributed by atoms with Crippen LogP contribution in [0.5, 0.6) is 0 Å². The fourth-order valence-corrected chi connectivity index (χ4v) is 3.23. The number of nitrogens with one attached hydrogen (secondary N) is 1. The van der Waals surface area contributed by atoms with Crippen molar-refractivity contribution in [1.29, 1.82) is 0 Å². The molecule has 90 valence electrons. The van der Waals surface area contributed by atoms with E-state index in [4.69, 9.17) is 0 Å². The molecule has 0 aliphatic carbocycles. The molecule has 1 atom stereocenters. The number of hydrogen-bond acceptors (Lipinski definition) is 3. The highest BCUT2D eigenvalue weighted by atomic mass is 32.1. The van der Waals surface area contributed by atoms with Crippen molar-refractivity contribution in [1.82, 2.24) is 10.2 Å². The molecule has 3 heteroatoms. The van der Waals surface area contributed by atoms with E-state index in [0.29, 0.717) is 5.54 Å². The third kappa shape index (κ3) is 3.06.